The predicted octanol–water partition coefficient (Wildman–Crippen LogP) is 18.0. The minimum absolute atomic E-state index is 0.00606. The maximum atomic E-state index is 5.44. The lowest BCUT2D eigenvalue weighted by molar-refractivity contribution is 0.588. The van der Waals surface area contributed by atoms with E-state index in [0.29, 0.717) is 11.8 Å². The molecule has 0 radical (unpaired) electrons. The van der Waals surface area contributed by atoms with Crippen molar-refractivity contribution in [2.45, 2.75) is 154 Å². The van der Waals surface area contributed by atoms with E-state index >= 15 is 0 Å². The first kappa shape index (κ1) is 49.8. The Bertz CT molecular complexity index is 4090. The van der Waals surface area contributed by atoms with E-state index in [4.69, 9.17) is 4.98 Å². The molecule has 8 aromatic carbocycles. The zero-order valence-electron chi connectivity index (χ0n) is 48.2. The smallest absolute Gasteiger partial charge is 0.252 e. The summed E-state index contributed by atoms with van der Waals surface area (Å²) < 4.78 is 5.11. The fraction of sp³-hybridized carbons (Fsp3) is 0.310. The Labute approximate surface area is 462 Å². The van der Waals surface area contributed by atoms with E-state index in [1.54, 1.807) is 0 Å². The molecule has 0 bridgehead atoms. The van der Waals surface area contributed by atoms with Crippen molar-refractivity contribution in [1.29, 1.82) is 0 Å². The zero-order chi connectivity index (χ0) is 54.2. The number of benzene rings is 8. The Kier molecular flexibility index (Phi) is 10.9. The van der Waals surface area contributed by atoms with Crippen LogP contribution < -0.4 is 21.3 Å². The lowest BCUT2D eigenvalue weighted by atomic mass is 9.33. The van der Waals surface area contributed by atoms with Crippen molar-refractivity contribution in [2.24, 2.45) is 0 Å². The van der Waals surface area contributed by atoms with Crippen LogP contribution in [0.5, 0.6) is 0 Å². The Balaban J connectivity index is 1.11. The number of nitrogens with zero attached hydrogens (tertiary/aromatic N) is 4. The number of hydrogen-bond donors (Lipinski definition) is 0. The molecule has 0 fully saturated rings. The van der Waals surface area contributed by atoms with Gasteiger partial charge in [0.15, 0.2) is 0 Å². The molecule has 0 aliphatic carbocycles. The van der Waals surface area contributed by atoms with E-state index in [0.717, 1.165) is 22.4 Å². The van der Waals surface area contributed by atoms with Crippen LogP contribution in [0.2, 0.25) is 0 Å². The van der Waals surface area contributed by atoms with Gasteiger partial charge >= 0.3 is 0 Å². The number of imidazole rings is 1. The molecule has 386 valence electrons. The monoisotopic (exact) mass is 1020 g/mol. The topological polar surface area (TPSA) is 26.0 Å². The number of hydrogen-bond acceptors (Lipinski definition) is 3. The molecule has 3 aliphatic rings. The Morgan fingerprint density at radius 3 is 1.68 bits per heavy atom. The Hall–Kier alpha value is -6.76. The van der Waals surface area contributed by atoms with Crippen LogP contribution in [0.4, 0.5) is 17.1 Å². The summed E-state index contributed by atoms with van der Waals surface area (Å²) in [5.41, 5.74) is 26.7. The van der Waals surface area contributed by atoms with Gasteiger partial charge < -0.3 is 9.47 Å². The summed E-state index contributed by atoms with van der Waals surface area (Å²) in [6, 6.07) is 54.7. The number of para-hydroxylation sites is 3. The lowest BCUT2D eigenvalue weighted by Crippen LogP contribution is -2.61. The van der Waals surface area contributed by atoms with Crippen LogP contribution in [0.25, 0.3) is 66.7 Å². The molecule has 0 saturated carbocycles. The van der Waals surface area contributed by atoms with Crippen molar-refractivity contribution in [1.82, 2.24) is 14.1 Å². The third-order valence-corrected chi connectivity index (χ3v) is 18.3. The van der Waals surface area contributed by atoms with Gasteiger partial charge in [0.2, 0.25) is 0 Å². The van der Waals surface area contributed by atoms with E-state index in [1.807, 2.05) is 11.8 Å². The fourth-order valence-corrected chi connectivity index (χ4v) is 14.0. The number of fused-ring (bicyclic) bond motifs is 10. The molecule has 4 nitrogen and oxygen atoms in total. The molecule has 0 saturated heterocycles. The normalized spacial score (nSPS) is 14.1. The molecule has 10 aromatic rings. The minimum atomic E-state index is -0.0643. The molecule has 13 rings (SSSR count). The average Bonchev–Trinajstić information content (AvgIpc) is 4.15. The standard InChI is InChI=1S/C71H73BN4S/c1-40(2)49-20-19-21-50(41(3)4)64(49)76-57-23-18-17-22-55(57)73-67(76)43-26-24-42(25-27-43)44-32-59-63-60(33-44)75-58-31-29-46(69(8,9)10)38-61(58)77-62-39-48(71(14,15)16)37-54(66(62)75)72(63)53-36-47(70(11,12)13)35-52-51-34-45(68(5,6)7)28-30-56(51)74(59)65(52)53/h17-41H,1-16H3. The van der Waals surface area contributed by atoms with Gasteiger partial charge in [-0.15, -0.1) is 0 Å². The van der Waals surface area contributed by atoms with Crippen molar-refractivity contribution in [3.8, 4) is 33.9 Å². The molecule has 0 spiro atoms. The number of anilines is 3. The van der Waals surface area contributed by atoms with Gasteiger partial charge in [-0.25, -0.2) is 4.98 Å². The SMILES string of the molecule is CC(C)c1cccc(C(C)C)c1-n1c(-c2ccc(-c3cc4c5c(c3)-n3c6ccc(C(C)(C)C)cc6c6cc(C(C)(C)C)cc(c63)B5c3cc(C(C)(C)C)cc5c3N4c3ccc(C(C)(C)C)cc3S5)cc2)nc2ccccc21. The lowest BCUT2D eigenvalue weighted by Gasteiger charge is -2.45. The van der Waals surface area contributed by atoms with E-state index < -0.39 is 0 Å². The van der Waals surface area contributed by atoms with Gasteiger partial charge in [0, 0.05) is 43.0 Å². The molecule has 0 atom stereocenters. The second-order valence-corrected chi connectivity index (χ2v) is 28.4. The Morgan fingerprint density at radius 2 is 1.01 bits per heavy atom. The maximum absolute atomic E-state index is 5.44. The van der Waals surface area contributed by atoms with Crippen LogP contribution in [0.1, 0.15) is 156 Å². The van der Waals surface area contributed by atoms with Crippen molar-refractivity contribution >= 4 is 84.8 Å². The Morgan fingerprint density at radius 1 is 0.442 bits per heavy atom. The minimum Gasteiger partial charge on any atom is -0.310 e. The second kappa shape index (κ2) is 16.9. The van der Waals surface area contributed by atoms with Crippen molar-refractivity contribution in [3.05, 3.63) is 173 Å². The average molecular weight is 1030 g/mol. The molecular formula is C71H73BN4S. The van der Waals surface area contributed by atoms with Crippen molar-refractivity contribution in [3.63, 3.8) is 0 Å². The molecule has 0 amide bonds. The highest BCUT2D eigenvalue weighted by Crippen LogP contribution is 2.55. The van der Waals surface area contributed by atoms with Gasteiger partial charge in [0.05, 0.1) is 33.6 Å². The third kappa shape index (κ3) is 7.66. The van der Waals surface area contributed by atoms with Gasteiger partial charge in [-0.3, -0.25) is 4.57 Å². The second-order valence-electron chi connectivity index (χ2n) is 27.4. The van der Waals surface area contributed by atoms with Gasteiger partial charge in [-0.1, -0.05) is 201 Å². The number of rotatable bonds is 5. The molecule has 5 heterocycles. The summed E-state index contributed by atoms with van der Waals surface area (Å²) in [5.74, 6) is 1.64. The first-order chi connectivity index (χ1) is 36.4. The largest absolute Gasteiger partial charge is 0.310 e. The van der Waals surface area contributed by atoms with Crippen LogP contribution in [-0.2, 0) is 21.7 Å². The highest BCUT2D eigenvalue weighted by molar-refractivity contribution is 7.99. The van der Waals surface area contributed by atoms with Gasteiger partial charge in [-0.05, 0) is 155 Å². The molecule has 0 unspecified atom stereocenters. The first-order valence-electron chi connectivity index (χ1n) is 28.2. The van der Waals surface area contributed by atoms with Crippen LogP contribution in [0.15, 0.2) is 149 Å². The van der Waals surface area contributed by atoms with Crippen molar-refractivity contribution < 1.29 is 0 Å². The molecule has 6 heteroatoms. The van der Waals surface area contributed by atoms with E-state index in [9.17, 15) is 0 Å². The first-order valence-corrected chi connectivity index (χ1v) is 29.0. The van der Waals surface area contributed by atoms with Gasteiger partial charge in [-0.2, -0.15) is 0 Å². The molecule has 2 aromatic heterocycles. The summed E-state index contributed by atoms with van der Waals surface area (Å²) in [4.78, 5) is 10.8. The van der Waals surface area contributed by atoms with Gasteiger partial charge in [0.25, 0.3) is 6.71 Å². The molecule has 0 N–H and O–H groups in total. The quantitative estimate of drug-likeness (QED) is 0.161. The van der Waals surface area contributed by atoms with Crippen molar-refractivity contribution in [2.75, 3.05) is 4.90 Å². The van der Waals surface area contributed by atoms with Gasteiger partial charge in [0.1, 0.15) is 5.82 Å². The summed E-state index contributed by atoms with van der Waals surface area (Å²) in [6.45, 7) is 37.6. The summed E-state index contributed by atoms with van der Waals surface area (Å²) in [7, 11) is 0. The highest BCUT2D eigenvalue weighted by atomic mass is 32.2. The fourth-order valence-electron chi connectivity index (χ4n) is 12.8. The van der Waals surface area contributed by atoms with Crippen LogP contribution >= 0.6 is 11.8 Å². The predicted molar refractivity (Wildman–Crippen MR) is 333 cm³/mol. The molecular weight excluding hydrogens is 952 g/mol. The summed E-state index contributed by atoms with van der Waals surface area (Å²) in [5, 5.41) is 2.67. The number of aromatic nitrogens is 3. The highest BCUT2D eigenvalue weighted by Gasteiger charge is 2.46. The third-order valence-electron chi connectivity index (χ3n) is 17.2. The van der Waals surface area contributed by atoms with E-state index in [2.05, 4.69) is 264 Å². The maximum Gasteiger partial charge on any atom is 0.252 e. The zero-order valence-corrected chi connectivity index (χ0v) is 49.0. The van der Waals surface area contributed by atoms with Crippen LogP contribution in [0, 0.1) is 0 Å². The summed E-state index contributed by atoms with van der Waals surface area (Å²) in [6.07, 6.45) is 0. The molecule has 3 aliphatic heterocycles. The van der Waals surface area contributed by atoms with E-state index in [1.165, 1.54) is 121 Å². The molecule has 77 heavy (non-hydrogen) atoms. The van der Waals surface area contributed by atoms with E-state index in [-0.39, 0.29) is 28.4 Å². The van der Waals surface area contributed by atoms with Crippen LogP contribution in [-0.4, -0.2) is 20.8 Å². The van der Waals surface area contributed by atoms with Crippen LogP contribution in [0.3, 0.4) is 0 Å². The summed E-state index contributed by atoms with van der Waals surface area (Å²) >= 11 is 1.96.